The topological polar surface area (TPSA) is 101 Å². The Labute approximate surface area is 377 Å². The zero-order valence-corrected chi connectivity index (χ0v) is 35.7. The van der Waals surface area contributed by atoms with E-state index in [4.69, 9.17) is 19.9 Å². The van der Waals surface area contributed by atoms with Crippen molar-refractivity contribution in [3.63, 3.8) is 0 Å². The minimum Gasteiger partial charge on any atom is -0.264 e. The summed E-state index contributed by atoms with van der Waals surface area (Å²) in [6.07, 6.45) is 7.22. The Balaban J connectivity index is 1.13. The van der Waals surface area contributed by atoms with E-state index in [-0.39, 0.29) is 5.41 Å². The molecule has 4 heterocycles. The van der Waals surface area contributed by atoms with Crippen molar-refractivity contribution >= 4 is 0 Å². The minimum atomic E-state index is -0.389. The van der Waals surface area contributed by atoms with Gasteiger partial charge in [-0.15, -0.1) is 0 Å². The van der Waals surface area contributed by atoms with Gasteiger partial charge in [0.15, 0.2) is 17.5 Å². The fourth-order valence-electron chi connectivity index (χ4n) is 9.06. The van der Waals surface area contributed by atoms with Gasteiger partial charge < -0.3 is 0 Å². The first-order chi connectivity index (χ1) is 31.9. The van der Waals surface area contributed by atoms with E-state index < -0.39 is 0 Å². The summed E-state index contributed by atoms with van der Waals surface area (Å²) >= 11 is 0. The number of aromatic nitrogens is 6. The molecular formula is C58H39N7. The molecule has 6 aromatic carbocycles. The third kappa shape index (κ3) is 7.33. The fourth-order valence-corrected chi connectivity index (χ4v) is 9.06. The predicted molar refractivity (Wildman–Crippen MR) is 259 cm³/mol. The maximum Gasteiger partial charge on any atom is 0.164 e. The Hall–Kier alpha value is -8.73. The van der Waals surface area contributed by atoms with Gasteiger partial charge in [0.1, 0.15) is 0 Å². The van der Waals surface area contributed by atoms with E-state index in [9.17, 15) is 5.26 Å². The number of nitrogens with zero attached hydrogens (tertiary/aromatic N) is 7. The summed E-state index contributed by atoms with van der Waals surface area (Å²) in [4.78, 5) is 29.5. The molecule has 0 saturated heterocycles. The van der Waals surface area contributed by atoms with Gasteiger partial charge in [-0.1, -0.05) is 123 Å². The summed E-state index contributed by atoms with van der Waals surface area (Å²) in [6, 6.07) is 62.7. The molecule has 1 aliphatic rings. The first-order valence-electron chi connectivity index (χ1n) is 21.5. The average Bonchev–Trinajstić information content (AvgIpc) is 3.62. The van der Waals surface area contributed by atoms with Crippen molar-refractivity contribution in [2.24, 2.45) is 0 Å². The van der Waals surface area contributed by atoms with E-state index in [0.717, 1.165) is 89.3 Å². The average molecular weight is 834 g/mol. The van der Waals surface area contributed by atoms with E-state index >= 15 is 0 Å². The molecule has 0 saturated carbocycles. The number of hydrogen-bond donors (Lipinski definition) is 0. The van der Waals surface area contributed by atoms with Gasteiger partial charge in [0.2, 0.25) is 0 Å². The standard InChI is InChI=1S/C58H39N7/c1-58(2)51-31-41(24-25-49(51)50-19-9-16-42(34-59)54(50)58)45-28-46(47-32-52(43-17-10-26-60-35-43)62-53(33-47)44-18-11-27-61-36-44)30-48(29-45)57-64-55(39-14-7-4-8-15-39)63-56(65-57)40-22-20-38(21-23-40)37-12-5-3-6-13-37/h3-33,35-36H,1-2H3. The molecule has 306 valence electrons. The zero-order valence-electron chi connectivity index (χ0n) is 35.7. The molecule has 7 heteroatoms. The van der Waals surface area contributed by atoms with Crippen molar-refractivity contribution in [2.75, 3.05) is 0 Å². The number of nitriles is 1. The van der Waals surface area contributed by atoms with Crippen LogP contribution in [0.25, 0.3) is 101 Å². The molecule has 0 spiro atoms. The lowest BCUT2D eigenvalue weighted by atomic mass is 9.79. The first kappa shape index (κ1) is 39.1. The van der Waals surface area contributed by atoms with Gasteiger partial charge >= 0.3 is 0 Å². The summed E-state index contributed by atoms with van der Waals surface area (Å²) in [7, 11) is 0. The van der Waals surface area contributed by atoms with E-state index in [1.807, 2.05) is 85.2 Å². The van der Waals surface area contributed by atoms with Crippen molar-refractivity contribution in [2.45, 2.75) is 19.3 Å². The van der Waals surface area contributed by atoms with Gasteiger partial charge in [-0.3, -0.25) is 9.97 Å². The highest BCUT2D eigenvalue weighted by Gasteiger charge is 2.37. The number of pyridine rings is 3. The summed E-state index contributed by atoms with van der Waals surface area (Å²) < 4.78 is 0. The van der Waals surface area contributed by atoms with Gasteiger partial charge in [-0.25, -0.2) is 19.9 Å². The van der Waals surface area contributed by atoms with Crippen molar-refractivity contribution in [1.82, 2.24) is 29.9 Å². The summed E-state index contributed by atoms with van der Waals surface area (Å²) in [5.41, 5.74) is 17.0. The van der Waals surface area contributed by atoms with Crippen LogP contribution in [0.1, 0.15) is 30.5 Å². The Morgan fingerprint density at radius 3 is 1.48 bits per heavy atom. The molecule has 0 fully saturated rings. The molecule has 0 aliphatic heterocycles. The second-order valence-corrected chi connectivity index (χ2v) is 16.7. The Morgan fingerprint density at radius 1 is 0.385 bits per heavy atom. The van der Waals surface area contributed by atoms with Gasteiger partial charge in [0.25, 0.3) is 0 Å². The maximum atomic E-state index is 10.2. The van der Waals surface area contributed by atoms with Crippen LogP contribution in [0.5, 0.6) is 0 Å². The SMILES string of the molecule is CC1(C)c2cc(-c3cc(-c4cc(-c5cccnc5)nc(-c5cccnc5)c4)cc(-c4nc(-c5ccccc5)nc(-c5ccc(-c6ccccc6)cc5)n4)c3)ccc2-c2cccc(C#N)c21. The molecule has 0 amide bonds. The zero-order chi connectivity index (χ0) is 43.9. The first-order valence-corrected chi connectivity index (χ1v) is 21.5. The predicted octanol–water partition coefficient (Wildman–Crippen LogP) is 13.6. The molecule has 65 heavy (non-hydrogen) atoms. The van der Waals surface area contributed by atoms with E-state index in [2.05, 4.69) is 133 Å². The quantitative estimate of drug-likeness (QED) is 0.150. The van der Waals surface area contributed by atoms with Gasteiger partial charge in [0, 0.05) is 58.0 Å². The second kappa shape index (κ2) is 16.2. The molecule has 0 bridgehead atoms. The van der Waals surface area contributed by atoms with E-state index in [1.54, 1.807) is 12.4 Å². The van der Waals surface area contributed by atoms with E-state index in [1.165, 1.54) is 5.56 Å². The monoisotopic (exact) mass is 833 g/mol. The number of rotatable bonds is 8. The smallest absolute Gasteiger partial charge is 0.164 e. The van der Waals surface area contributed by atoms with Crippen LogP contribution in [-0.4, -0.2) is 29.9 Å². The molecule has 0 N–H and O–H groups in total. The molecule has 10 aromatic rings. The van der Waals surface area contributed by atoms with Crippen LogP contribution < -0.4 is 0 Å². The molecule has 4 aromatic heterocycles. The lowest BCUT2D eigenvalue weighted by molar-refractivity contribution is 0.658. The summed E-state index contributed by atoms with van der Waals surface area (Å²) in [5.74, 6) is 1.70. The van der Waals surface area contributed by atoms with E-state index in [0.29, 0.717) is 23.0 Å². The Bertz CT molecular complexity index is 3380. The third-order valence-electron chi connectivity index (χ3n) is 12.3. The van der Waals surface area contributed by atoms with Gasteiger partial charge in [-0.05, 0) is 122 Å². The highest BCUT2D eigenvalue weighted by Crippen LogP contribution is 2.51. The summed E-state index contributed by atoms with van der Waals surface area (Å²) in [6.45, 7) is 4.43. The molecule has 11 rings (SSSR count). The minimum absolute atomic E-state index is 0.389. The van der Waals surface area contributed by atoms with Crippen LogP contribution >= 0.6 is 0 Å². The third-order valence-corrected chi connectivity index (χ3v) is 12.3. The van der Waals surface area contributed by atoms with Gasteiger partial charge in [-0.2, -0.15) is 5.26 Å². The van der Waals surface area contributed by atoms with Crippen LogP contribution in [-0.2, 0) is 5.41 Å². The van der Waals surface area contributed by atoms with Crippen LogP contribution in [0, 0.1) is 11.3 Å². The molecule has 0 radical (unpaired) electrons. The fraction of sp³-hybridized carbons (Fsp3) is 0.0517. The number of benzene rings is 6. The van der Waals surface area contributed by atoms with Crippen molar-refractivity contribution < 1.29 is 0 Å². The molecular weight excluding hydrogens is 795 g/mol. The lowest BCUT2D eigenvalue weighted by Crippen LogP contribution is -2.16. The molecule has 1 aliphatic carbocycles. The normalized spacial score (nSPS) is 12.3. The molecule has 0 unspecified atom stereocenters. The molecule has 0 atom stereocenters. The van der Waals surface area contributed by atoms with Crippen LogP contribution in [0.3, 0.4) is 0 Å². The highest BCUT2D eigenvalue weighted by molar-refractivity contribution is 5.88. The maximum absolute atomic E-state index is 10.2. The number of fused-ring (bicyclic) bond motifs is 3. The van der Waals surface area contributed by atoms with Crippen molar-refractivity contribution in [3.8, 4) is 107 Å². The lowest BCUT2D eigenvalue weighted by Gasteiger charge is -2.23. The Morgan fingerprint density at radius 2 is 0.877 bits per heavy atom. The molecule has 7 nitrogen and oxygen atoms in total. The van der Waals surface area contributed by atoms with Crippen LogP contribution in [0.4, 0.5) is 0 Å². The van der Waals surface area contributed by atoms with Crippen LogP contribution in [0.15, 0.2) is 201 Å². The van der Waals surface area contributed by atoms with Gasteiger partial charge in [0.05, 0.1) is 23.0 Å². The van der Waals surface area contributed by atoms with Crippen molar-refractivity contribution in [1.29, 1.82) is 5.26 Å². The Kier molecular flexibility index (Phi) is 9.75. The van der Waals surface area contributed by atoms with Crippen LogP contribution in [0.2, 0.25) is 0 Å². The summed E-state index contributed by atoms with van der Waals surface area (Å²) in [5, 5.41) is 10.2. The number of hydrogen-bond acceptors (Lipinski definition) is 7. The second-order valence-electron chi connectivity index (χ2n) is 16.7. The largest absolute Gasteiger partial charge is 0.264 e. The van der Waals surface area contributed by atoms with Crippen molar-refractivity contribution in [3.05, 3.63) is 217 Å². The highest BCUT2D eigenvalue weighted by atomic mass is 15.0.